The second kappa shape index (κ2) is 5.70. The zero-order valence-corrected chi connectivity index (χ0v) is 12.7. The Bertz CT molecular complexity index is 376. The molecular weight excluding hydrogens is 240 g/mol. The molecular formula is C15H26N2S. The van der Waals surface area contributed by atoms with Crippen LogP contribution in [0.25, 0.3) is 0 Å². The van der Waals surface area contributed by atoms with Crippen LogP contribution in [0.5, 0.6) is 0 Å². The van der Waals surface area contributed by atoms with E-state index in [4.69, 9.17) is 10.7 Å². The molecule has 1 fully saturated rings. The van der Waals surface area contributed by atoms with Gasteiger partial charge in [0.05, 0.1) is 11.2 Å². The Kier molecular flexibility index (Phi) is 4.44. The van der Waals surface area contributed by atoms with Crippen molar-refractivity contribution in [3.63, 3.8) is 0 Å². The molecule has 0 aromatic carbocycles. The van der Waals surface area contributed by atoms with E-state index in [1.54, 1.807) is 11.3 Å². The van der Waals surface area contributed by atoms with Crippen molar-refractivity contribution in [2.75, 3.05) is 0 Å². The Labute approximate surface area is 115 Å². The fourth-order valence-corrected chi connectivity index (χ4v) is 4.04. The summed E-state index contributed by atoms with van der Waals surface area (Å²) in [7, 11) is 0. The molecule has 2 nitrogen and oxygen atoms in total. The van der Waals surface area contributed by atoms with Gasteiger partial charge in [-0.25, -0.2) is 4.98 Å². The minimum atomic E-state index is -0.137. The van der Waals surface area contributed by atoms with Gasteiger partial charge < -0.3 is 5.73 Å². The van der Waals surface area contributed by atoms with Crippen LogP contribution in [0.3, 0.4) is 0 Å². The fourth-order valence-electron chi connectivity index (χ4n) is 2.88. The van der Waals surface area contributed by atoms with E-state index in [1.165, 1.54) is 36.4 Å². The molecule has 0 radical (unpaired) electrons. The number of nitrogens with zero attached hydrogens (tertiary/aromatic N) is 1. The molecule has 1 aromatic heterocycles. The Morgan fingerprint density at radius 3 is 2.61 bits per heavy atom. The predicted molar refractivity (Wildman–Crippen MR) is 78.9 cm³/mol. The molecule has 0 saturated heterocycles. The summed E-state index contributed by atoms with van der Waals surface area (Å²) in [5.41, 5.74) is 7.67. The van der Waals surface area contributed by atoms with Crippen LogP contribution in [0.15, 0.2) is 5.38 Å². The first kappa shape index (κ1) is 14.0. The maximum absolute atomic E-state index is 6.60. The molecule has 1 aromatic rings. The first-order chi connectivity index (χ1) is 8.55. The quantitative estimate of drug-likeness (QED) is 0.876. The van der Waals surface area contributed by atoms with Gasteiger partial charge in [-0.2, -0.15) is 0 Å². The number of hydrogen-bond acceptors (Lipinski definition) is 3. The van der Waals surface area contributed by atoms with Crippen molar-refractivity contribution in [3.8, 4) is 0 Å². The van der Waals surface area contributed by atoms with E-state index in [-0.39, 0.29) is 5.54 Å². The van der Waals surface area contributed by atoms with Crippen molar-refractivity contribution >= 4 is 11.3 Å². The fraction of sp³-hybridized carbons (Fsp3) is 0.800. The van der Waals surface area contributed by atoms with Crippen molar-refractivity contribution in [1.29, 1.82) is 0 Å². The van der Waals surface area contributed by atoms with Crippen LogP contribution in [-0.4, -0.2) is 4.98 Å². The van der Waals surface area contributed by atoms with Crippen LogP contribution in [0.2, 0.25) is 0 Å². The molecule has 0 atom stereocenters. The lowest BCUT2D eigenvalue weighted by atomic mass is 9.76. The summed E-state index contributed by atoms with van der Waals surface area (Å²) < 4.78 is 0. The summed E-state index contributed by atoms with van der Waals surface area (Å²) >= 11 is 1.76. The second-order valence-corrected chi connectivity index (χ2v) is 6.98. The van der Waals surface area contributed by atoms with Gasteiger partial charge >= 0.3 is 0 Å². The Hall–Kier alpha value is -0.410. The largest absolute Gasteiger partial charge is 0.319 e. The summed E-state index contributed by atoms with van der Waals surface area (Å²) in [5, 5.41) is 3.35. The molecule has 1 heterocycles. The molecule has 18 heavy (non-hydrogen) atoms. The van der Waals surface area contributed by atoms with Crippen molar-refractivity contribution in [1.82, 2.24) is 4.98 Å². The first-order valence-corrected chi connectivity index (χ1v) is 8.18. The Morgan fingerprint density at radius 1 is 1.44 bits per heavy atom. The average molecular weight is 266 g/mol. The molecule has 2 rings (SSSR count). The molecule has 0 bridgehead atoms. The maximum atomic E-state index is 6.60. The van der Waals surface area contributed by atoms with Gasteiger partial charge in [0.1, 0.15) is 5.01 Å². The van der Waals surface area contributed by atoms with Crippen LogP contribution in [-0.2, 0) is 5.54 Å². The van der Waals surface area contributed by atoms with E-state index in [0.29, 0.717) is 5.92 Å². The van der Waals surface area contributed by atoms with Gasteiger partial charge in [-0.15, -0.1) is 11.3 Å². The zero-order chi connectivity index (χ0) is 13.2. The summed E-state index contributed by atoms with van der Waals surface area (Å²) in [6.07, 6.45) is 7.45. The van der Waals surface area contributed by atoms with Gasteiger partial charge in [-0.3, -0.25) is 0 Å². The predicted octanol–water partition coefficient (Wildman–Crippen LogP) is 4.41. The smallest absolute Gasteiger partial charge is 0.113 e. The number of nitrogens with two attached hydrogens (primary N) is 1. The zero-order valence-electron chi connectivity index (χ0n) is 11.9. The van der Waals surface area contributed by atoms with Crippen LogP contribution >= 0.6 is 11.3 Å². The number of thiazole rings is 1. The highest BCUT2D eigenvalue weighted by Gasteiger charge is 2.35. The lowest BCUT2D eigenvalue weighted by Gasteiger charge is -2.35. The highest BCUT2D eigenvalue weighted by molar-refractivity contribution is 7.09. The molecule has 1 aliphatic carbocycles. The van der Waals surface area contributed by atoms with Gasteiger partial charge in [-0.1, -0.05) is 33.6 Å². The topological polar surface area (TPSA) is 38.9 Å². The van der Waals surface area contributed by atoms with Crippen LogP contribution < -0.4 is 5.73 Å². The SMILES string of the molecule is CCCC1CCC(N)(c2nc(C(C)C)cs2)CC1. The number of aromatic nitrogens is 1. The van der Waals surface area contributed by atoms with Gasteiger partial charge in [0.25, 0.3) is 0 Å². The van der Waals surface area contributed by atoms with E-state index in [0.717, 1.165) is 18.8 Å². The summed E-state index contributed by atoms with van der Waals surface area (Å²) in [4.78, 5) is 4.77. The van der Waals surface area contributed by atoms with E-state index in [1.807, 2.05) is 0 Å². The van der Waals surface area contributed by atoms with Crippen molar-refractivity contribution in [3.05, 3.63) is 16.1 Å². The molecule has 0 spiro atoms. The van der Waals surface area contributed by atoms with Crippen LogP contribution in [0, 0.1) is 5.92 Å². The summed E-state index contributed by atoms with van der Waals surface area (Å²) in [6, 6.07) is 0. The third-order valence-corrected chi connectivity index (χ3v) is 5.31. The minimum Gasteiger partial charge on any atom is -0.319 e. The number of hydrogen-bond donors (Lipinski definition) is 1. The maximum Gasteiger partial charge on any atom is 0.113 e. The van der Waals surface area contributed by atoms with E-state index >= 15 is 0 Å². The van der Waals surface area contributed by atoms with Gasteiger partial charge in [0.15, 0.2) is 0 Å². The normalized spacial score (nSPS) is 28.8. The number of rotatable bonds is 4. The first-order valence-electron chi connectivity index (χ1n) is 7.30. The monoisotopic (exact) mass is 266 g/mol. The highest BCUT2D eigenvalue weighted by atomic mass is 32.1. The van der Waals surface area contributed by atoms with Gasteiger partial charge in [0.2, 0.25) is 0 Å². The van der Waals surface area contributed by atoms with Gasteiger partial charge in [-0.05, 0) is 37.5 Å². The molecule has 1 saturated carbocycles. The van der Waals surface area contributed by atoms with Crippen molar-refractivity contribution in [2.45, 2.75) is 70.8 Å². The molecule has 2 N–H and O–H groups in total. The molecule has 1 aliphatic rings. The van der Waals surface area contributed by atoms with Crippen LogP contribution in [0.1, 0.15) is 75.9 Å². The van der Waals surface area contributed by atoms with E-state index in [2.05, 4.69) is 26.2 Å². The standard InChI is InChI=1S/C15H26N2S/c1-4-5-12-6-8-15(16,9-7-12)14-17-13(10-18-14)11(2)3/h10-12H,4-9,16H2,1-3H3. The molecule has 0 amide bonds. The molecule has 3 heteroatoms. The van der Waals surface area contributed by atoms with Crippen LogP contribution in [0.4, 0.5) is 0 Å². The lowest BCUT2D eigenvalue weighted by molar-refractivity contribution is 0.225. The van der Waals surface area contributed by atoms with Gasteiger partial charge in [0, 0.05) is 5.38 Å². The highest BCUT2D eigenvalue weighted by Crippen LogP contribution is 2.40. The van der Waals surface area contributed by atoms with E-state index < -0.39 is 0 Å². The Morgan fingerprint density at radius 2 is 2.11 bits per heavy atom. The molecule has 0 unspecified atom stereocenters. The minimum absolute atomic E-state index is 0.137. The molecule has 102 valence electrons. The van der Waals surface area contributed by atoms with Crippen molar-refractivity contribution < 1.29 is 0 Å². The second-order valence-electron chi connectivity index (χ2n) is 6.12. The summed E-state index contributed by atoms with van der Waals surface area (Å²) in [5.74, 6) is 1.41. The summed E-state index contributed by atoms with van der Waals surface area (Å²) in [6.45, 7) is 6.67. The third-order valence-electron chi connectivity index (χ3n) is 4.23. The third kappa shape index (κ3) is 2.94. The van der Waals surface area contributed by atoms with E-state index in [9.17, 15) is 0 Å². The lowest BCUT2D eigenvalue weighted by Crippen LogP contribution is -2.40. The Balaban J connectivity index is 2.03. The molecule has 0 aliphatic heterocycles. The average Bonchev–Trinajstić information content (AvgIpc) is 2.83. The van der Waals surface area contributed by atoms with Crippen molar-refractivity contribution in [2.24, 2.45) is 11.7 Å².